The molecule has 4 nitrogen and oxygen atoms in total. The third-order valence-corrected chi connectivity index (χ3v) is 5.01. The van der Waals surface area contributed by atoms with Gasteiger partial charge in [0.25, 0.3) is 5.91 Å². The zero-order chi connectivity index (χ0) is 16.5. The first-order valence-corrected chi connectivity index (χ1v) is 8.06. The molecule has 22 heavy (non-hydrogen) atoms. The van der Waals surface area contributed by atoms with Crippen molar-refractivity contribution in [3.05, 3.63) is 16.1 Å². The van der Waals surface area contributed by atoms with Gasteiger partial charge in [-0.15, -0.1) is 11.3 Å². The van der Waals surface area contributed by atoms with Crippen molar-refractivity contribution in [2.75, 3.05) is 13.1 Å². The van der Waals surface area contributed by atoms with Crippen molar-refractivity contribution in [2.24, 2.45) is 0 Å². The van der Waals surface area contributed by atoms with Gasteiger partial charge >= 0.3 is 6.18 Å². The molecule has 2 heterocycles. The topological polar surface area (TPSA) is 53.4 Å². The maximum absolute atomic E-state index is 12.9. The predicted octanol–water partition coefficient (Wildman–Crippen LogP) is 3.19. The lowest BCUT2D eigenvalue weighted by Crippen LogP contribution is -2.46. The molecule has 0 saturated carbocycles. The highest BCUT2D eigenvalue weighted by molar-refractivity contribution is 7.09. The van der Waals surface area contributed by atoms with Crippen LogP contribution in [0.2, 0.25) is 0 Å². The van der Waals surface area contributed by atoms with Crippen molar-refractivity contribution in [1.82, 2.24) is 9.88 Å². The average molecular weight is 336 g/mol. The van der Waals surface area contributed by atoms with Crippen molar-refractivity contribution in [3.8, 4) is 0 Å². The van der Waals surface area contributed by atoms with Gasteiger partial charge in [0.15, 0.2) is 5.60 Å². The van der Waals surface area contributed by atoms with Crippen molar-refractivity contribution in [2.45, 2.75) is 50.8 Å². The fraction of sp³-hybridized carbons (Fsp3) is 0.714. The summed E-state index contributed by atoms with van der Waals surface area (Å²) < 4.78 is 38.7. The van der Waals surface area contributed by atoms with Gasteiger partial charge in [0.05, 0.1) is 5.01 Å². The van der Waals surface area contributed by atoms with Crippen LogP contribution in [0.5, 0.6) is 0 Å². The highest BCUT2D eigenvalue weighted by atomic mass is 32.1. The molecule has 0 aliphatic carbocycles. The van der Waals surface area contributed by atoms with E-state index in [1.54, 1.807) is 5.38 Å². The number of alkyl halides is 3. The predicted molar refractivity (Wildman–Crippen MR) is 77.0 cm³/mol. The Bertz CT molecular complexity index is 544. The third-order valence-electron chi connectivity index (χ3n) is 3.86. The fourth-order valence-electron chi connectivity index (χ4n) is 2.42. The number of amides is 1. The van der Waals surface area contributed by atoms with Gasteiger partial charge in [-0.2, -0.15) is 13.2 Å². The Kier molecular flexibility index (Phi) is 4.81. The molecule has 1 aliphatic heterocycles. The number of thiazole rings is 1. The second kappa shape index (κ2) is 6.16. The molecule has 1 fully saturated rings. The molecule has 1 aromatic rings. The minimum absolute atomic E-state index is 0.114. The monoisotopic (exact) mass is 336 g/mol. The van der Waals surface area contributed by atoms with Gasteiger partial charge in [0.1, 0.15) is 5.69 Å². The van der Waals surface area contributed by atoms with Crippen LogP contribution >= 0.6 is 11.3 Å². The maximum atomic E-state index is 12.9. The SMILES string of the molecule is CC(C)c1nc(C(=O)N2CCCC(O)(C(F)(F)F)CC2)cs1. The van der Waals surface area contributed by atoms with E-state index in [1.807, 2.05) is 13.8 Å². The number of aliphatic hydroxyl groups is 1. The standard InChI is InChI=1S/C14H19F3N2O2S/c1-9(2)11-18-10(8-22-11)12(20)19-6-3-4-13(21,5-7-19)14(15,16)17/h8-9,21H,3-7H2,1-2H3. The van der Waals surface area contributed by atoms with Crippen LogP contribution < -0.4 is 0 Å². The first-order chi connectivity index (χ1) is 10.1. The van der Waals surface area contributed by atoms with Crippen molar-refractivity contribution < 1.29 is 23.1 Å². The van der Waals surface area contributed by atoms with Crippen LogP contribution in [0.1, 0.15) is 54.5 Å². The van der Waals surface area contributed by atoms with E-state index in [2.05, 4.69) is 4.98 Å². The summed E-state index contributed by atoms with van der Waals surface area (Å²) in [5, 5.41) is 12.2. The highest BCUT2D eigenvalue weighted by Gasteiger charge is 2.53. The van der Waals surface area contributed by atoms with Gasteiger partial charge < -0.3 is 10.0 Å². The number of rotatable bonds is 2. The zero-order valence-corrected chi connectivity index (χ0v) is 13.3. The molecular formula is C14H19F3N2O2S. The quantitative estimate of drug-likeness (QED) is 0.902. The summed E-state index contributed by atoms with van der Waals surface area (Å²) in [5.74, 6) is -0.166. The van der Waals surface area contributed by atoms with Gasteiger partial charge in [-0.3, -0.25) is 4.79 Å². The third kappa shape index (κ3) is 3.43. The van der Waals surface area contributed by atoms with Crippen LogP contribution in [0.3, 0.4) is 0 Å². The van der Waals surface area contributed by atoms with Crippen molar-refractivity contribution >= 4 is 17.2 Å². The molecule has 8 heteroatoms. The lowest BCUT2D eigenvalue weighted by atomic mass is 9.94. The molecule has 1 aromatic heterocycles. The number of carbonyl (C=O) groups is 1. The number of nitrogens with zero attached hydrogens (tertiary/aromatic N) is 2. The van der Waals surface area contributed by atoms with Crippen LogP contribution in [0.25, 0.3) is 0 Å². The van der Waals surface area contributed by atoms with Crippen LogP contribution in [0.4, 0.5) is 13.2 Å². The van der Waals surface area contributed by atoms with Crippen LogP contribution in [-0.4, -0.2) is 45.8 Å². The fourth-order valence-corrected chi connectivity index (χ4v) is 3.23. The van der Waals surface area contributed by atoms with Gasteiger partial charge in [-0.25, -0.2) is 4.98 Å². The summed E-state index contributed by atoms with van der Waals surface area (Å²) in [6.45, 7) is 4.00. The number of likely N-dealkylation sites (tertiary alicyclic amines) is 1. The molecule has 0 spiro atoms. The summed E-state index contributed by atoms with van der Waals surface area (Å²) >= 11 is 1.37. The minimum atomic E-state index is -4.67. The first kappa shape index (κ1) is 17.2. The Balaban J connectivity index is 2.09. The highest BCUT2D eigenvalue weighted by Crippen LogP contribution is 2.38. The lowest BCUT2D eigenvalue weighted by molar-refractivity contribution is -0.263. The molecule has 1 saturated heterocycles. The molecule has 0 radical (unpaired) electrons. The van der Waals surface area contributed by atoms with E-state index in [-0.39, 0.29) is 43.5 Å². The summed E-state index contributed by atoms with van der Waals surface area (Å²) in [6, 6.07) is 0. The zero-order valence-electron chi connectivity index (χ0n) is 12.5. The van der Waals surface area contributed by atoms with Crippen LogP contribution in [0, 0.1) is 0 Å². The summed E-state index contributed by atoms with van der Waals surface area (Å²) in [4.78, 5) is 17.9. The van der Waals surface area contributed by atoms with E-state index in [4.69, 9.17) is 0 Å². The molecule has 1 aliphatic rings. The second-order valence-electron chi connectivity index (χ2n) is 5.90. The van der Waals surface area contributed by atoms with E-state index >= 15 is 0 Å². The van der Waals surface area contributed by atoms with E-state index < -0.39 is 18.2 Å². The van der Waals surface area contributed by atoms with Gasteiger partial charge in [0, 0.05) is 30.8 Å². The van der Waals surface area contributed by atoms with E-state index in [0.717, 1.165) is 5.01 Å². The van der Waals surface area contributed by atoms with Crippen molar-refractivity contribution in [1.29, 1.82) is 0 Å². The summed E-state index contributed by atoms with van der Waals surface area (Å²) in [6.07, 6.45) is -5.43. The van der Waals surface area contributed by atoms with E-state index in [0.29, 0.717) is 0 Å². The van der Waals surface area contributed by atoms with Crippen LogP contribution in [0.15, 0.2) is 5.38 Å². The maximum Gasteiger partial charge on any atom is 0.417 e. The normalized spacial score (nSPS) is 23.7. The van der Waals surface area contributed by atoms with Gasteiger partial charge in [-0.1, -0.05) is 13.8 Å². The average Bonchev–Trinajstić information content (AvgIpc) is 2.82. The summed E-state index contributed by atoms with van der Waals surface area (Å²) in [5.41, 5.74) is -2.43. The molecule has 1 atom stereocenters. The molecule has 124 valence electrons. The number of halogens is 3. The van der Waals surface area contributed by atoms with E-state index in [9.17, 15) is 23.1 Å². The molecule has 1 N–H and O–H groups in total. The Morgan fingerprint density at radius 2 is 2.09 bits per heavy atom. The molecule has 0 aromatic carbocycles. The Labute approximate surface area is 131 Å². The molecule has 0 bridgehead atoms. The number of hydrogen-bond acceptors (Lipinski definition) is 4. The molecule has 2 rings (SSSR count). The summed E-state index contributed by atoms with van der Waals surface area (Å²) in [7, 11) is 0. The first-order valence-electron chi connectivity index (χ1n) is 7.18. The number of hydrogen-bond donors (Lipinski definition) is 1. The van der Waals surface area contributed by atoms with Gasteiger partial charge in [-0.05, 0) is 12.8 Å². The largest absolute Gasteiger partial charge is 0.417 e. The lowest BCUT2D eigenvalue weighted by Gasteiger charge is -2.29. The van der Waals surface area contributed by atoms with E-state index in [1.165, 1.54) is 16.2 Å². The smallest absolute Gasteiger partial charge is 0.380 e. The molecule has 1 amide bonds. The molecule has 1 unspecified atom stereocenters. The Morgan fingerprint density at radius 1 is 1.41 bits per heavy atom. The number of aromatic nitrogens is 1. The van der Waals surface area contributed by atoms with Crippen molar-refractivity contribution in [3.63, 3.8) is 0 Å². The van der Waals surface area contributed by atoms with Crippen LogP contribution in [-0.2, 0) is 0 Å². The second-order valence-corrected chi connectivity index (χ2v) is 6.79. The minimum Gasteiger partial charge on any atom is -0.380 e. The molecular weight excluding hydrogens is 317 g/mol. The Hall–Kier alpha value is -1.15. The Morgan fingerprint density at radius 3 is 2.64 bits per heavy atom. The van der Waals surface area contributed by atoms with Gasteiger partial charge in [0.2, 0.25) is 0 Å². The number of carbonyl (C=O) groups excluding carboxylic acids is 1.